The maximum atomic E-state index is 12.3. The summed E-state index contributed by atoms with van der Waals surface area (Å²) >= 11 is 0. The molecule has 0 radical (unpaired) electrons. The molecule has 6 heteroatoms. The van der Waals surface area contributed by atoms with Crippen LogP contribution in [0.2, 0.25) is 0 Å². The molecule has 2 heterocycles. The average Bonchev–Trinajstić information content (AvgIpc) is 2.99. The summed E-state index contributed by atoms with van der Waals surface area (Å²) in [7, 11) is 0. The third kappa shape index (κ3) is 2.11. The normalized spacial score (nSPS) is 15.9. The Balaban J connectivity index is 2.10. The van der Waals surface area contributed by atoms with Crippen LogP contribution in [0.3, 0.4) is 0 Å². The van der Waals surface area contributed by atoms with Crippen LogP contribution in [0.4, 0.5) is 5.69 Å². The Morgan fingerprint density at radius 2 is 1.85 bits per heavy atom. The second-order valence-corrected chi connectivity index (χ2v) is 5.51. The topological polar surface area (TPSA) is 89.6 Å². The number of hydrogen-bond donors (Lipinski definition) is 2. The molecule has 20 heavy (non-hydrogen) atoms. The van der Waals surface area contributed by atoms with Gasteiger partial charge in [0.1, 0.15) is 5.69 Å². The summed E-state index contributed by atoms with van der Waals surface area (Å²) in [6.07, 6.45) is 4.55. The summed E-state index contributed by atoms with van der Waals surface area (Å²) in [6, 6.07) is 1.87. The van der Waals surface area contributed by atoms with E-state index in [1.807, 2.05) is 19.9 Å². The summed E-state index contributed by atoms with van der Waals surface area (Å²) < 4.78 is 1.36. The van der Waals surface area contributed by atoms with Gasteiger partial charge in [0, 0.05) is 17.3 Å². The molecular weight excluding hydrogens is 254 g/mol. The second kappa shape index (κ2) is 4.77. The van der Waals surface area contributed by atoms with E-state index in [0.717, 1.165) is 29.9 Å². The molecule has 0 aliphatic heterocycles. The molecule has 1 saturated carbocycles. The Bertz CT molecular complexity index is 674. The van der Waals surface area contributed by atoms with Gasteiger partial charge in [-0.1, -0.05) is 12.8 Å². The second-order valence-electron chi connectivity index (χ2n) is 5.51. The lowest BCUT2D eigenvalue weighted by Gasteiger charge is -2.07. The molecule has 3 N–H and O–H groups in total. The molecule has 0 spiro atoms. The van der Waals surface area contributed by atoms with Gasteiger partial charge < -0.3 is 5.73 Å². The monoisotopic (exact) mass is 273 g/mol. The van der Waals surface area contributed by atoms with E-state index in [1.165, 1.54) is 17.5 Å². The first-order chi connectivity index (χ1) is 9.56. The highest BCUT2D eigenvalue weighted by Gasteiger charge is 2.24. The van der Waals surface area contributed by atoms with Crippen molar-refractivity contribution in [3.8, 4) is 5.95 Å². The fourth-order valence-corrected chi connectivity index (χ4v) is 2.94. The maximum Gasteiger partial charge on any atom is 0.297 e. The fourth-order valence-electron chi connectivity index (χ4n) is 2.94. The lowest BCUT2D eigenvalue weighted by Crippen LogP contribution is -2.19. The van der Waals surface area contributed by atoms with Gasteiger partial charge in [0.2, 0.25) is 0 Å². The van der Waals surface area contributed by atoms with Crippen molar-refractivity contribution in [2.75, 3.05) is 5.73 Å². The number of nitrogens with two attached hydrogens (primary N) is 1. The van der Waals surface area contributed by atoms with Crippen molar-refractivity contribution in [1.82, 2.24) is 19.7 Å². The highest BCUT2D eigenvalue weighted by Crippen LogP contribution is 2.34. The van der Waals surface area contributed by atoms with Crippen molar-refractivity contribution in [3.05, 3.63) is 33.5 Å². The zero-order valence-corrected chi connectivity index (χ0v) is 11.8. The molecule has 1 aliphatic rings. The molecule has 1 fully saturated rings. The molecule has 0 atom stereocenters. The summed E-state index contributed by atoms with van der Waals surface area (Å²) in [6.45, 7) is 3.76. The fraction of sp³-hybridized carbons (Fsp3) is 0.500. The van der Waals surface area contributed by atoms with Crippen LogP contribution in [0.1, 0.15) is 48.7 Å². The molecule has 1 aliphatic carbocycles. The molecule has 3 rings (SSSR count). The molecule has 106 valence electrons. The molecule has 0 saturated heterocycles. The smallest absolute Gasteiger partial charge is 0.297 e. The molecule has 2 aromatic heterocycles. The number of aromatic nitrogens is 4. The summed E-state index contributed by atoms with van der Waals surface area (Å²) in [5.74, 6) is 0.721. The highest BCUT2D eigenvalue weighted by molar-refractivity contribution is 5.44. The number of rotatable bonds is 2. The number of nitrogen functional groups attached to an aromatic ring is 1. The van der Waals surface area contributed by atoms with Crippen LogP contribution in [0, 0.1) is 13.8 Å². The Morgan fingerprint density at radius 3 is 2.45 bits per heavy atom. The van der Waals surface area contributed by atoms with Crippen LogP contribution in [-0.4, -0.2) is 19.7 Å². The first-order valence-electron chi connectivity index (χ1n) is 6.99. The van der Waals surface area contributed by atoms with E-state index in [4.69, 9.17) is 5.73 Å². The van der Waals surface area contributed by atoms with E-state index in [9.17, 15) is 4.79 Å². The molecule has 2 aromatic rings. The van der Waals surface area contributed by atoms with Crippen LogP contribution < -0.4 is 11.3 Å². The number of aromatic amines is 1. The van der Waals surface area contributed by atoms with E-state index in [0.29, 0.717) is 17.6 Å². The van der Waals surface area contributed by atoms with Gasteiger partial charge in [0.25, 0.3) is 11.5 Å². The minimum Gasteiger partial charge on any atom is -0.393 e. The van der Waals surface area contributed by atoms with Crippen LogP contribution in [0.25, 0.3) is 5.95 Å². The minimum absolute atomic E-state index is 0.253. The predicted octanol–water partition coefficient (Wildman–Crippen LogP) is 1.81. The van der Waals surface area contributed by atoms with E-state index >= 15 is 0 Å². The Hall–Kier alpha value is -2.11. The van der Waals surface area contributed by atoms with Crippen molar-refractivity contribution in [1.29, 1.82) is 0 Å². The number of hydrogen-bond acceptors (Lipinski definition) is 4. The zero-order valence-electron chi connectivity index (χ0n) is 11.8. The zero-order chi connectivity index (χ0) is 14.3. The third-order valence-electron chi connectivity index (χ3n) is 3.89. The van der Waals surface area contributed by atoms with Crippen LogP contribution in [-0.2, 0) is 0 Å². The summed E-state index contributed by atoms with van der Waals surface area (Å²) in [4.78, 5) is 20.9. The van der Waals surface area contributed by atoms with Gasteiger partial charge >= 0.3 is 0 Å². The van der Waals surface area contributed by atoms with E-state index in [-0.39, 0.29) is 5.56 Å². The summed E-state index contributed by atoms with van der Waals surface area (Å²) in [5.41, 5.74) is 8.53. The molecule has 6 nitrogen and oxygen atoms in total. The van der Waals surface area contributed by atoms with Crippen molar-refractivity contribution in [3.63, 3.8) is 0 Å². The minimum atomic E-state index is -0.253. The van der Waals surface area contributed by atoms with Crippen molar-refractivity contribution < 1.29 is 0 Å². The van der Waals surface area contributed by atoms with E-state index in [2.05, 4.69) is 15.1 Å². The van der Waals surface area contributed by atoms with Gasteiger partial charge in [-0.2, -0.15) is 4.68 Å². The number of nitrogens with one attached hydrogen (secondary N) is 1. The first-order valence-corrected chi connectivity index (χ1v) is 6.99. The van der Waals surface area contributed by atoms with Crippen LogP contribution in [0.15, 0.2) is 10.9 Å². The van der Waals surface area contributed by atoms with Crippen LogP contribution >= 0.6 is 0 Å². The first kappa shape index (κ1) is 12.9. The Kier molecular flexibility index (Phi) is 3.08. The quantitative estimate of drug-likeness (QED) is 0.873. The molecular formula is C14H19N5O. The Morgan fingerprint density at radius 1 is 1.25 bits per heavy atom. The van der Waals surface area contributed by atoms with Gasteiger partial charge in [-0.05, 0) is 32.8 Å². The van der Waals surface area contributed by atoms with Gasteiger partial charge in [0.15, 0.2) is 0 Å². The van der Waals surface area contributed by atoms with E-state index < -0.39 is 0 Å². The Labute approximate surface area is 117 Å². The molecule has 0 amide bonds. The van der Waals surface area contributed by atoms with Crippen LogP contribution in [0.5, 0.6) is 0 Å². The van der Waals surface area contributed by atoms with Crippen molar-refractivity contribution >= 4 is 5.69 Å². The average molecular weight is 273 g/mol. The standard InChI is InChI=1S/C14H19N5O/c1-8-7-9(2)17-14(16-8)19-13(20)11(15)12(18-19)10-5-3-4-6-10/h7,10,18H,3-6,15H2,1-2H3. The van der Waals surface area contributed by atoms with Gasteiger partial charge in [-0.15, -0.1) is 0 Å². The number of anilines is 1. The number of aryl methyl sites for hydroxylation is 2. The van der Waals surface area contributed by atoms with Crippen molar-refractivity contribution in [2.24, 2.45) is 0 Å². The van der Waals surface area contributed by atoms with Gasteiger partial charge in [-0.25, -0.2) is 9.97 Å². The molecule has 0 aromatic carbocycles. The molecule has 0 unspecified atom stereocenters. The van der Waals surface area contributed by atoms with Crippen molar-refractivity contribution in [2.45, 2.75) is 45.4 Å². The molecule has 0 bridgehead atoms. The predicted molar refractivity (Wildman–Crippen MR) is 77.1 cm³/mol. The summed E-state index contributed by atoms with van der Waals surface area (Å²) in [5, 5.41) is 3.12. The highest BCUT2D eigenvalue weighted by atomic mass is 16.1. The SMILES string of the molecule is Cc1cc(C)nc(-n2[nH]c(C3CCCC3)c(N)c2=O)n1. The van der Waals surface area contributed by atoms with Gasteiger partial charge in [-0.3, -0.25) is 9.89 Å². The lowest BCUT2D eigenvalue weighted by molar-refractivity contribution is 0.667. The number of H-pyrrole nitrogens is 1. The largest absolute Gasteiger partial charge is 0.393 e. The number of nitrogens with zero attached hydrogens (tertiary/aromatic N) is 3. The van der Waals surface area contributed by atoms with Gasteiger partial charge in [0.05, 0.1) is 5.69 Å². The lowest BCUT2D eigenvalue weighted by atomic mass is 10.0. The third-order valence-corrected chi connectivity index (χ3v) is 3.89. The maximum absolute atomic E-state index is 12.3. The van der Waals surface area contributed by atoms with E-state index in [1.54, 1.807) is 0 Å².